The number of hydrogen-bond donors (Lipinski definition) is 6. The Morgan fingerprint density at radius 3 is 2.32 bits per heavy atom. The first-order chi connectivity index (χ1) is 15.5. The highest BCUT2D eigenvalue weighted by atomic mass is 16.3. The maximum absolute atomic E-state index is 13.2. The van der Waals surface area contributed by atoms with E-state index in [9.17, 15) is 35.4 Å². The lowest BCUT2D eigenvalue weighted by molar-refractivity contribution is -0.177. The predicted molar refractivity (Wildman–Crippen MR) is 127 cm³/mol. The topological polar surface area (TPSA) is 138 Å². The quantitative estimate of drug-likeness (QED) is 0.353. The molecule has 0 aromatic carbocycles. The minimum absolute atomic E-state index is 0.0840. The molecule has 34 heavy (non-hydrogen) atoms. The highest BCUT2D eigenvalue weighted by molar-refractivity contribution is 5.95. The van der Waals surface area contributed by atoms with Crippen molar-refractivity contribution >= 4 is 5.78 Å². The maximum Gasteiger partial charge on any atom is 0.159 e. The van der Waals surface area contributed by atoms with Crippen LogP contribution in [0.4, 0.5) is 0 Å². The van der Waals surface area contributed by atoms with E-state index in [0.717, 1.165) is 0 Å². The molecule has 7 nitrogen and oxygen atoms in total. The maximum atomic E-state index is 13.2. The van der Waals surface area contributed by atoms with Crippen molar-refractivity contribution < 1.29 is 35.4 Å². The Hall–Kier alpha value is -0.830. The molecule has 10 atom stereocenters. The van der Waals surface area contributed by atoms with E-state index < -0.39 is 45.9 Å². The van der Waals surface area contributed by atoms with Gasteiger partial charge in [0, 0.05) is 11.3 Å². The lowest BCUT2D eigenvalue weighted by Crippen LogP contribution is -2.62. The summed E-state index contributed by atoms with van der Waals surface area (Å²) < 4.78 is 0. The Bertz CT molecular complexity index is 860. The number of allylic oxidation sites excluding steroid dienone is 1. The first-order valence-electron chi connectivity index (χ1n) is 12.9. The Morgan fingerprint density at radius 1 is 1.06 bits per heavy atom. The fourth-order valence-corrected chi connectivity index (χ4v) is 8.32. The average molecular weight is 481 g/mol. The second-order valence-electron chi connectivity index (χ2n) is 13.2. The van der Waals surface area contributed by atoms with Gasteiger partial charge in [-0.3, -0.25) is 4.79 Å². The zero-order chi connectivity index (χ0) is 25.5. The number of fused-ring (bicyclic) bond motifs is 5. The van der Waals surface area contributed by atoms with Gasteiger partial charge in [0.05, 0.1) is 35.1 Å². The number of rotatable bonds is 5. The summed E-state index contributed by atoms with van der Waals surface area (Å²) in [7, 11) is 0. The molecule has 6 N–H and O–H groups in total. The van der Waals surface area contributed by atoms with Crippen LogP contribution >= 0.6 is 0 Å². The molecule has 4 aliphatic rings. The molecule has 0 unspecified atom stereocenters. The fraction of sp³-hybridized carbons (Fsp3) is 0.889. The van der Waals surface area contributed by atoms with Gasteiger partial charge in [-0.1, -0.05) is 13.8 Å². The molecule has 0 heterocycles. The molecule has 0 bridgehead atoms. The van der Waals surface area contributed by atoms with E-state index in [4.69, 9.17) is 0 Å². The second-order valence-corrected chi connectivity index (χ2v) is 13.2. The number of aliphatic hydroxyl groups is 6. The molecular formula is C27H44O7. The molecule has 0 saturated heterocycles. The van der Waals surface area contributed by atoms with Crippen LogP contribution < -0.4 is 0 Å². The van der Waals surface area contributed by atoms with Crippen molar-refractivity contribution in [3.63, 3.8) is 0 Å². The normalized spacial score (nSPS) is 47.2. The largest absolute Gasteiger partial charge is 0.390 e. The van der Waals surface area contributed by atoms with Crippen LogP contribution in [0.25, 0.3) is 0 Å². The van der Waals surface area contributed by atoms with Crippen LogP contribution in [0.3, 0.4) is 0 Å². The van der Waals surface area contributed by atoms with Gasteiger partial charge in [0.25, 0.3) is 0 Å². The predicted octanol–water partition coefficient (Wildman–Crippen LogP) is 1.85. The van der Waals surface area contributed by atoms with E-state index in [2.05, 4.69) is 0 Å². The molecule has 4 aliphatic carbocycles. The van der Waals surface area contributed by atoms with Crippen LogP contribution in [-0.2, 0) is 4.79 Å². The van der Waals surface area contributed by atoms with Gasteiger partial charge < -0.3 is 30.6 Å². The molecule has 0 aliphatic heterocycles. The van der Waals surface area contributed by atoms with Gasteiger partial charge in [-0.2, -0.15) is 0 Å². The van der Waals surface area contributed by atoms with E-state index in [1.807, 2.05) is 13.8 Å². The van der Waals surface area contributed by atoms with Gasteiger partial charge in [0.2, 0.25) is 0 Å². The molecule has 0 amide bonds. The summed E-state index contributed by atoms with van der Waals surface area (Å²) in [6.07, 6.45) is 2.11. The summed E-state index contributed by atoms with van der Waals surface area (Å²) >= 11 is 0. The monoisotopic (exact) mass is 480 g/mol. The van der Waals surface area contributed by atoms with E-state index in [1.165, 1.54) is 0 Å². The van der Waals surface area contributed by atoms with Crippen molar-refractivity contribution in [3.8, 4) is 0 Å². The second kappa shape index (κ2) is 8.09. The van der Waals surface area contributed by atoms with Crippen LogP contribution in [-0.4, -0.2) is 71.5 Å². The molecule has 7 heteroatoms. The number of ketones is 1. The Kier molecular flexibility index (Phi) is 6.24. The molecule has 0 radical (unpaired) electrons. The highest BCUT2D eigenvalue weighted by Crippen LogP contribution is 2.68. The Balaban J connectivity index is 1.66. The summed E-state index contributed by atoms with van der Waals surface area (Å²) in [6.45, 7) is 8.96. The van der Waals surface area contributed by atoms with E-state index in [0.29, 0.717) is 44.1 Å². The van der Waals surface area contributed by atoms with Crippen LogP contribution in [0.5, 0.6) is 0 Å². The molecule has 0 spiro atoms. The van der Waals surface area contributed by atoms with Crippen LogP contribution in [0.15, 0.2) is 11.6 Å². The number of aliphatic hydroxyl groups excluding tert-OH is 3. The first-order valence-corrected chi connectivity index (χ1v) is 12.9. The Morgan fingerprint density at radius 2 is 1.71 bits per heavy atom. The fourth-order valence-electron chi connectivity index (χ4n) is 8.32. The van der Waals surface area contributed by atoms with Crippen LogP contribution in [0, 0.1) is 28.6 Å². The summed E-state index contributed by atoms with van der Waals surface area (Å²) in [5.74, 6) is -0.948. The Labute approximate surface area is 202 Å². The van der Waals surface area contributed by atoms with E-state index in [1.54, 1.807) is 26.8 Å². The number of carbonyl (C=O) groups excluding carboxylic acids is 1. The molecule has 0 aromatic rings. The SMILES string of the molecule is CC(C)(O)CC[C@H](O)[C@](C)(O)[C@H]1CC[C@@]2(O)C3=CC(=O)[C@@H]4C[C@H](O)[C@H](O)C[C@]4(C)[C@@H]3CC[C@]12C. The van der Waals surface area contributed by atoms with E-state index >= 15 is 0 Å². The van der Waals surface area contributed by atoms with Crippen molar-refractivity contribution in [1.29, 1.82) is 0 Å². The van der Waals surface area contributed by atoms with Crippen molar-refractivity contribution in [2.24, 2.45) is 28.6 Å². The third-order valence-electron chi connectivity index (χ3n) is 10.5. The minimum Gasteiger partial charge on any atom is -0.390 e. The van der Waals surface area contributed by atoms with Crippen molar-refractivity contribution in [2.45, 2.75) is 121 Å². The minimum atomic E-state index is -1.46. The zero-order valence-corrected chi connectivity index (χ0v) is 21.3. The van der Waals surface area contributed by atoms with Crippen molar-refractivity contribution in [1.82, 2.24) is 0 Å². The lowest BCUT2D eigenvalue weighted by atomic mass is 9.45. The molecular weight excluding hydrogens is 436 g/mol. The summed E-state index contributed by atoms with van der Waals surface area (Å²) in [4.78, 5) is 13.2. The molecule has 4 rings (SSSR count). The van der Waals surface area contributed by atoms with Gasteiger partial charge in [-0.05, 0) is 101 Å². The van der Waals surface area contributed by atoms with Gasteiger partial charge in [-0.15, -0.1) is 0 Å². The highest BCUT2D eigenvalue weighted by Gasteiger charge is 2.69. The number of carbonyl (C=O) groups is 1. The zero-order valence-electron chi connectivity index (χ0n) is 21.3. The van der Waals surface area contributed by atoms with Gasteiger partial charge >= 0.3 is 0 Å². The summed E-state index contributed by atoms with van der Waals surface area (Å²) in [6, 6.07) is 0. The standard InChI is InChI=1S/C27H44O7/c1-23(2,32)9-8-22(31)26(5,33)21-7-11-27(34)16-12-18(28)17-13-19(29)20(30)14-24(17,3)15(16)6-10-25(21,27)4/h12,15,17,19-22,29-34H,6-11,13-14H2,1-5H3/t15-,17+,19+,20-,21+,22+,24-,25-,26-,27-/m1/s1. The smallest absolute Gasteiger partial charge is 0.159 e. The summed E-state index contributed by atoms with van der Waals surface area (Å²) in [5, 5.41) is 65.5. The average Bonchev–Trinajstić information content (AvgIpc) is 3.00. The molecule has 3 saturated carbocycles. The van der Waals surface area contributed by atoms with Gasteiger partial charge in [0.15, 0.2) is 5.78 Å². The van der Waals surface area contributed by atoms with Crippen molar-refractivity contribution in [2.75, 3.05) is 0 Å². The lowest BCUT2D eigenvalue weighted by Gasteiger charge is -2.60. The van der Waals surface area contributed by atoms with Crippen molar-refractivity contribution in [3.05, 3.63) is 11.6 Å². The molecule has 194 valence electrons. The third kappa shape index (κ3) is 3.73. The molecule has 0 aromatic heterocycles. The van der Waals surface area contributed by atoms with E-state index in [-0.39, 0.29) is 36.4 Å². The first kappa shape index (κ1) is 26.2. The third-order valence-corrected chi connectivity index (χ3v) is 10.5. The van der Waals surface area contributed by atoms with Gasteiger partial charge in [-0.25, -0.2) is 0 Å². The number of hydrogen-bond acceptors (Lipinski definition) is 7. The van der Waals surface area contributed by atoms with Crippen LogP contribution in [0.2, 0.25) is 0 Å². The molecule has 3 fully saturated rings. The van der Waals surface area contributed by atoms with Crippen LogP contribution in [0.1, 0.15) is 86.0 Å². The van der Waals surface area contributed by atoms with Gasteiger partial charge in [0.1, 0.15) is 0 Å². The summed E-state index contributed by atoms with van der Waals surface area (Å²) in [5.41, 5.74) is -4.27.